The minimum absolute atomic E-state index is 0.496. The lowest BCUT2D eigenvalue weighted by Crippen LogP contribution is -2.48. The number of hydrogen-bond acceptors (Lipinski definition) is 4. The standard InChI is InChI=1S/C13H18N4S/c1-10(2)12-14-3-5-16(12)7-11-8-17(9-11)13-15-4-6-18-13/h3-6,10-11H,7-9H2,1-2H3. The van der Waals surface area contributed by atoms with Crippen molar-refractivity contribution in [3.05, 3.63) is 29.8 Å². The van der Waals surface area contributed by atoms with Crippen molar-refractivity contribution in [2.75, 3.05) is 18.0 Å². The summed E-state index contributed by atoms with van der Waals surface area (Å²) in [5.74, 6) is 2.42. The fraction of sp³-hybridized carbons (Fsp3) is 0.538. The van der Waals surface area contributed by atoms with Crippen molar-refractivity contribution in [2.24, 2.45) is 5.92 Å². The smallest absolute Gasteiger partial charge is 0.185 e. The predicted molar refractivity (Wildman–Crippen MR) is 74.1 cm³/mol. The number of imidazole rings is 1. The van der Waals surface area contributed by atoms with Crippen molar-refractivity contribution in [1.82, 2.24) is 14.5 Å². The normalized spacial score (nSPS) is 16.3. The van der Waals surface area contributed by atoms with Gasteiger partial charge in [0.2, 0.25) is 0 Å². The molecule has 0 atom stereocenters. The highest BCUT2D eigenvalue weighted by Gasteiger charge is 2.29. The van der Waals surface area contributed by atoms with Crippen LogP contribution in [0, 0.1) is 5.92 Å². The molecular weight excluding hydrogens is 244 g/mol. The molecule has 1 saturated heterocycles. The number of nitrogens with zero attached hydrogens (tertiary/aromatic N) is 4. The van der Waals surface area contributed by atoms with Gasteiger partial charge in [-0.15, -0.1) is 11.3 Å². The highest BCUT2D eigenvalue weighted by atomic mass is 32.1. The van der Waals surface area contributed by atoms with Crippen molar-refractivity contribution in [2.45, 2.75) is 26.3 Å². The van der Waals surface area contributed by atoms with Crippen LogP contribution in [0.1, 0.15) is 25.6 Å². The van der Waals surface area contributed by atoms with Gasteiger partial charge < -0.3 is 9.47 Å². The molecule has 5 heteroatoms. The number of rotatable bonds is 4. The van der Waals surface area contributed by atoms with Gasteiger partial charge in [-0.05, 0) is 0 Å². The van der Waals surface area contributed by atoms with Gasteiger partial charge in [-0.3, -0.25) is 0 Å². The van der Waals surface area contributed by atoms with E-state index >= 15 is 0 Å². The molecule has 2 aromatic heterocycles. The van der Waals surface area contributed by atoms with E-state index in [-0.39, 0.29) is 0 Å². The topological polar surface area (TPSA) is 34.0 Å². The Labute approximate surface area is 111 Å². The summed E-state index contributed by atoms with van der Waals surface area (Å²) in [4.78, 5) is 11.1. The van der Waals surface area contributed by atoms with E-state index in [1.807, 2.05) is 17.8 Å². The molecule has 0 aliphatic carbocycles. The van der Waals surface area contributed by atoms with E-state index in [4.69, 9.17) is 0 Å². The molecule has 3 heterocycles. The van der Waals surface area contributed by atoms with Crippen LogP contribution >= 0.6 is 11.3 Å². The maximum atomic E-state index is 4.44. The molecule has 1 fully saturated rings. The molecule has 0 spiro atoms. The third kappa shape index (κ3) is 2.14. The second kappa shape index (κ2) is 4.72. The fourth-order valence-electron chi connectivity index (χ4n) is 2.47. The molecule has 4 nitrogen and oxygen atoms in total. The highest BCUT2D eigenvalue weighted by molar-refractivity contribution is 7.13. The number of anilines is 1. The van der Waals surface area contributed by atoms with Gasteiger partial charge >= 0.3 is 0 Å². The minimum atomic E-state index is 0.496. The van der Waals surface area contributed by atoms with Gasteiger partial charge in [0.05, 0.1) is 0 Å². The Morgan fingerprint density at radius 3 is 2.83 bits per heavy atom. The Hall–Kier alpha value is -1.36. The third-order valence-electron chi connectivity index (χ3n) is 3.37. The Morgan fingerprint density at radius 1 is 1.33 bits per heavy atom. The van der Waals surface area contributed by atoms with Gasteiger partial charge in [-0.2, -0.15) is 0 Å². The maximum Gasteiger partial charge on any atom is 0.185 e. The Balaban J connectivity index is 1.58. The van der Waals surface area contributed by atoms with Crippen LogP contribution in [-0.2, 0) is 6.54 Å². The molecule has 0 radical (unpaired) electrons. The zero-order valence-electron chi connectivity index (χ0n) is 10.8. The van der Waals surface area contributed by atoms with E-state index in [9.17, 15) is 0 Å². The average Bonchev–Trinajstić information content (AvgIpc) is 2.93. The fourth-order valence-corrected chi connectivity index (χ4v) is 3.13. The lowest BCUT2D eigenvalue weighted by atomic mass is 10.0. The van der Waals surface area contributed by atoms with Crippen molar-refractivity contribution in [3.8, 4) is 0 Å². The molecule has 2 aromatic rings. The molecule has 96 valence electrons. The van der Waals surface area contributed by atoms with Gasteiger partial charge in [0.15, 0.2) is 5.13 Å². The first-order chi connectivity index (χ1) is 8.74. The van der Waals surface area contributed by atoms with E-state index < -0.39 is 0 Å². The first kappa shape index (κ1) is 11.7. The summed E-state index contributed by atoms with van der Waals surface area (Å²) in [6.07, 6.45) is 5.88. The molecule has 0 unspecified atom stereocenters. The summed E-state index contributed by atoms with van der Waals surface area (Å²) < 4.78 is 2.30. The molecule has 3 rings (SSSR count). The molecule has 18 heavy (non-hydrogen) atoms. The van der Waals surface area contributed by atoms with E-state index in [1.54, 1.807) is 11.3 Å². The Kier molecular flexibility index (Phi) is 3.07. The average molecular weight is 262 g/mol. The van der Waals surface area contributed by atoms with E-state index in [0.717, 1.165) is 30.7 Å². The molecule has 0 saturated carbocycles. The Morgan fingerprint density at radius 2 is 2.17 bits per heavy atom. The van der Waals surface area contributed by atoms with Crippen LogP contribution in [0.25, 0.3) is 0 Å². The summed E-state index contributed by atoms with van der Waals surface area (Å²) in [5, 5.41) is 3.19. The predicted octanol–water partition coefficient (Wildman–Crippen LogP) is 2.60. The molecule has 0 amide bonds. The van der Waals surface area contributed by atoms with Gasteiger partial charge in [0, 0.05) is 55.4 Å². The van der Waals surface area contributed by atoms with Gasteiger partial charge in [0.25, 0.3) is 0 Å². The van der Waals surface area contributed by atoms with Crippen LogP contribution < -0.4 is 4.90 Å². The molecule has 0 aromatic carbocycles. The number of thiazole rings is 1. The van der Waals surface area contributed by atoms with Crippen molar-refractivity contribution in [1.29, 1.82) is 0 Å². The zero-order valence-corrected chi connectivity index (χ0v) is 11.6. The van der Waals surface area contributed by atoms with Gasteiger partial charge in [0.1, 0.15) is 5.82 Å². The van der Waals surface area contributed by atoms with Crippen LogP contribution in [0.3, 0.4) is 0 Å². The zero-order chi connectivity index (χ0) is 12.5. The van der Waals surface area contributed by atoms with Crippen molar-refractivity contribution >= 4 is 16.5 Å². The molecular formula is C13H18N4S. The Bertz CT molecular complexity index is 497. The second-order valence-corrected chi connectivity index (χ2v) is 6.05. The SMILES string of the molecule is CC(C)c1nccn1CC1CN(c2nccs2)C1. The quantitative estimate of drug-likeness (QED) is 0.849. The van der Waals surface area contributed by atoms with Crippen LogP contribution in [0.15, 0.2) is 24.0 Å². The summed E-state index contributed by atoms with van der Waals surface area (Å²) in [5.41, 5.74) is 0. The monoisotopic (exact) mass is 262 g/mol. The van der Waals surface area contributed by atoms with Gasteiger partial charge in [-0.25, -0.2) is 9.97 Å². The highest BCUT2D eigenvalue weighted by Crippen LogP contribution is 2.27. The summed E-state index contributed by atoms with van der Waals surface area (Å²) in [6, 6.07) is 0. The lowest BCUT2D eigenvalue weighted by molar-refractivity contribution is 0.350. The molecule has 1 aliphatic heterocycles. The molecule has 1 aliphatic rings. The number of hydrogen-bond donors (Lipinski definition) is 0. The lowest BCUT2D eigenvalue weighted by Gasteiger charge is -2.39. The largest absolute Gasteiger partial charge is 0.347 e. The van der Waals surface area contributed by atoms with Crippen molar-refractivity contribution < 1.29 is 0 Å². The molecule has 0 bridgehead atoms. The first-order valence-electron chi connectivity index (χ1n) is 6.39. The van der Waals surface area contributed by atoms with Crippen LogP contribution in [-0.4, -0.2) is 27.6 Å². The summed E-state index contributed by atoms with van der Waals surface area (Å²) in [6.45, 7) is 7.70. The van der Waals surface area contributed by atoms with E-state index in [1.165, 1.54) is 5.82 Å². The maximum absolute atomic E-state index is 4.44. The van der Waals surface area contributed by atoms with Crippen LogP contribution in [0.5, 0.6) is 0 Å². The summed E-state index contributed by atoms with van der Waals surface area (Å²) in [7, 11) is 0. The first-order valence-corrected chi connectivity index (χ1v) is 7.27. The van der Waals surface area contributed by atoms with E-state index in [0.29, 0.717) is 5.92 Å². The summed E-state index contributed by atoms with van der Waals surface area (Å²) >= 11 is 1.72. The molecule has 0 N–H and O–H groups in total. The third-order valence-corrected chi connectivity index (χ3v) is 4.20. The van der Waals surface area contributed by atoms with Crippen molar-refractivity contribution in [3.63, 3.8) is 0 Å². The van der Waals surface area contributed by atoms with E-state index in [2.05, 4.69) is 39.5 Å². The number of aromatic nitrogens is 3. The minimum Gasteiger partial charge on any atom is -0.347 e. The second-order valence-electron chi connectivity index (χ2n) is 5.18. The van der Waals surface area contributed by atoms with Gasteiger partial charge in [-0.1, -0.05) is 13.8 Å². The van der Waals surface area contributed by atoms with Crippen LogP contribution in [0.4, 0.5) is 5.13 Å². The van der Waals surface area contributed by atoms with Crippen LogP contribution in [0.2, 0.25) is 0 Å².